The fourth-order valence-corrected chi connectivity index (χ4v) is 0.968. The fourth-order valence-electron chi connectivity index (χ4n) is 0.968. The summed E-state index contributed by atoms with van der Waals surface area (Å²) in [6.07, 6.45) is -6.38. The highest BCUT2D eigenvalue weighted by Gasteiger charge is 2.45. The van der Waals surface area contributed by atoms with Gasteiger partial charge in [-0.1, -0.05) is 0 Å². The standard InChI is InChI=1S/C8H8F4N/c1-13-5-3-2-4-6(13)7(9)8(10,11)12/h2-5,7H,1H3/q+1/t7-/m0/s1. The normalized spacial score (nSPS) is 14.2. The van der Waals surface area contributed by atoms with E-state index in [0.29, 0.717) is 0 Å². The van der Waals surface area contributed by atoms with E-state index in [0.717, 1.165) is 10.6 Å². The third-order valence-electron chi connectivity index (χ3n) is 1.64. The monoisotopic (exact) mass is 194 g/mol. The molecule has 0 saturated carbocycles. The maximum atomic E-state index is 12.8. The highest BCUT2D eigenvalue weighted by Crippen LogP contribution is 2.33. The summed E-state index contributed by atoms with van der Waals surface area (Å²) in [5.74, 6) is 0. The van der Waals surface area contributed by atoms with Crippen molar-refractivity contribution in [2.75, 3.05) is 0 Å². The van der Waals surface area contributed by atoms with Crippen LogP contribution in [0.3, 0.4) is 0 Å². The maximum Gasteiger partial charge on any atom is 0.429 e. The summed E-state index contributed by atoms with van der Waals surface area (Å²) >= 11 is 0. The van der Waals surface area contributed by atoms with Crippen molar-refractivity contribution in [3.63, 3.8) is 0 Å². The van der Waals surface area contributed by atoms with Gasteiger partial charge in [-0.05, 0) is 6.07 Å². The van der Waals surface area contributed by atoms with Crippen molar-refractivity contribution in [1.29, 1.82) is 0 Å². The SMILES string of the molecule is C[n+]1ccccc1[C@H](F)C(F)(F)F. The minimum Gasteiger partial charge on any atom is -0.225 e. The lowest BCUT2D eigenvalue weighted by molar-refractivity contribution is -0.684. The molecule has 0 aromatic carbocycles. The Hall–Kier alpha value is -1.13. The number of aromatic nitrogens is 1. The van der Waals surface area contributed by atoms with Crippen molar-refractivity contribution in [3.8, 4) is 0 Å². The van der Waals surface area contributed by atoms with Crippen LogP contribution in [0, 0.1) is 0 Å². The first-order chi connectivity index (χ1) is 5.93. The minimum atomic E-state index is -4.83. The maximum absolute atomic E-state index is 12.8. The van der Waals surface area contributed by atoms with Crippen LogP contribution in [0.1, 0.15) is 11.9 Å². The zero-order valence-electron chi connectivity index (χ0n) is 6.85. The van der Waals surface area contributed by atoms with E-state index in [-0.39, 0.29) is 0 Å². The van der Waals surface area contributed by atoms with E-state index in [9.17, 15) is 17.6 Å². The molecule has 0 radical (unpaired) electrons. The molecule has 5 heteroatoms. The second-order valence-corrected chi connectivity index (χ2v) is 2.64. The molecule has 1 nitrogen and oxygen atoms in total. The van der Waals surface area contributed by atoms with Crippen molar-refractivity contribution in [2.45, 2.75) is 12.3 Å². The zero-order chi connectivity index (χ0) is 10.1. The first kappa shape index (κ1) is 9.95. The first-order valence-electron chi connectivity index (χ1n) is 3.58. The summed E-state index contributed by atoms with van der Waals surface area (Å²) in [6, 6.07) is 4.01. The summed E-state index contributed by atoms with van der Waals surface area (Å²) < 4.78 is 49.6. The summed E-state index contributed by atoms with van der Waals surface area (Å²) in [6.45, 7) is 0. The van der Waals surface area contributed by atoms with Gasteiger partial charge in [-0.25, -0.2) is 8.96 Å². The highest BCUT2D eigenvalue weighted by molar-refractivity contribution is 5.02. The molecule has 0 fully saturated rings. The number of aryl methyl sites for hydroxylation is 1. The number of hydrogen-bond donors (Lipinski definition) is 0. The molecule has 0 aliphatic carbocycles. The van der Waals surface area contributed by atoms with Gasteiger partial charge < -0.3 is 0 Å². The second-order valence-electron chi connectivity index (χ2n) is 2.64. The second kappa shape index (κ2) is 3.32. The molecule has 1 rings (SSSR count). The number of pyridine rings is 1. The topological polar surface area (TPSA) is 3.88 Å². The molecule has 1 aromatic rings. The van der Waals surface area contributed by atoms with Crippen LogP contribution in [0.5, 0.6) is 0 Å². The van der Waals surface area contributed by atoms with Gasteiger partial charge in [0.1, 0.15) is 7.05 Å². The molecule has 0 amide bonds. The Morgan fingerprint density at radius 1 is 1.31 bits per heavy atom. The van der Waals surface area contributed by atoms with E-state index in [1.165, 1.54) is 25.4 Å². The highest BCUT2D eigenvalue weighted by atomic mass is 19.4. The Labute approximate surface area is 72.6 Å². The van der Waals surface area contributed by atoms with Crippen LogP contribution >= 0.6 is 0 Å². The van der Waals surface area contributed by atoms with Gasteiger partial charge in [0.15, 0.2) is 6.20 Å². The predicted octanol–water partition coefficient (Wildman–Crippen LogP) is 2.08. The van der Waals surface area contributed by atoms with Gasteiger partial charge in [-0.3, -0.25) is 0 Å². The summed E-state index contributed by atoms with van der Waals surface area (Å²) in [5.41, 5.74) is -0.394. The fraction of sp³-hybridized carbons (Fsp3) is 0.375. The van der Waals surface area contributed by atoms with Crippen LogP contribution in [-0.4, -0.2) is 6.18 Å². The molecule has 0 unspecified atom stereocenters. The Morgan fingerprint density at radius 2 is 1.92 bits per heavy atom. The molecule has 13 heavy (non-hydrogen) atoms. The van der Waals surface area contributed by atoms with Crippen molar-refractivity contribution in [1.82, 2.24) is 0 Å². The largest absolute Gasteiger partial charge is 0.429 e. The van der Waals surface area contributed by atoms with Gasteiger partial charge in [0.25, 0.3) is 6.17 Å². The molecule has 0 saturated heterocycles. The molecular weight excluding hydrogens is 186 g/mol. The Bertz CT molecular complexity index is 294. The molecule has 0 aliphatic rings. The summed E-state index contributed by atoms with van der Waals surface area (Å²) in [7, 11) is 1.37. The van der Waals surface area contributed by atoms with Gasteiger partial charge in [-0.15, -0.1) is 0 Å². The third kappa shape index (κ3) is 2.17. The van der Waals surface area contributed by atoms with Crippen molar-refractivity contribution in [3.05, 3.63) is 30.1 Å². The number of nitrogens with zero attached hydrogens (tertiary/aromatic N) is 1. The molecule has 72 valence electrons. The van der Waals surface area contributed by atoms with Crippen LogP contribution in [-0.2, 0) is 7.05 Å². The van der Waals surface area contributed by atoms with E-state index in [1.807, 2.05) is 0 Å². The summed E-state index contributed by atoms with van der Waals surface area (Å²) in [5, 5.41) is 0. The Kier molecular flexibility index (Phi) is 2.54. The number of hydrogen-bond acceptors (Lipinski definition) is 0. The van der Waals surface area contributed by atoms with E-state index in [1.54, 1.807) is 0 Å². The molecule has 0 N–H and O–H groups in total. The van der Waals surface area contributed by atoms with E-state index < -0.39 is 18.0 Å². The lowest BCUT2D eigenvalue weighted by atomic mass is 10.2. The molecule has 0 bridgehead atoms. The Morgan fingerprint density at radius 3 is 2.38 bits per heavy atom. The molecule has 0 spiro atoms. The van der Waals surface area contributed by atoms with E-state index in [2.05, 4.69) is 0 Å². The zero-order valence-corrected chi connectivity index (χ0v) is 6.85. The molecule has 0 aliphatic heterocycles. The quantitative estimate of drug-likeness (QED) is 0.476. The van der Waals surface area contributed by atoms with Crippen molar-refractivity contribution in [2.24, 2.45) is 7.05 Å². The van der Waals surface area contributed by atoms with Crippen LogP contribution in [0.25, 0.3) is 0 Å². The number of alkyl halides is 4. The van der Waals surface area contributed by atoms with E-state index >= 15 is 0 Å². The smallest absolute Gasteiger partial charge is 0.225 e. The minimum absolute atomic E-state index is 0.394. The van der Waals surface area contributed by atoms with Crippen LogP contribution in [0.15, 0.2) is 24.4 Å². The van der Waals surface area contributed by atoms with Gasteiger partial charge in [0.2, 0.25) is 5.69 Å². The molecule has 1 heterocycles. The molecule has 1 aromatic heterocycles. The van der Waals surface area contributed by atoms with Gasteiger partial charge in [0, 0.05) is 12.1 Å². The van der Waals surface area contributed by atoms with Gasteiger partial charge >= 0.3 is 6.18 Å². The Balaban J connectivity index is 3.02. The van der Waals surface area contributed by atoms with Crippen LogP contribution in [0.2, 0.25) is 0 Å². The molecular formula is C8H8F4N+. The lowest BCUT2D eigenvalue weighted by Gasteiger charge is -2.09. The van der Waals surface area contributed by atoms with Crippen LogP contribution < -0.4 is 4.57 Å². The van der Waals surface area contributed by atoms with Gasteiger partial charge in [-0.2, -0.15) is 13.2 Å². The van der Waals surface area contributed by atoms with Gasteiger partial charge in [0.05, 0.1) is 0 Å². The number of halogens is 4. The molecule has 1 atom stereocenters. The van der Waals surface area contributed by atoms with Crippen molar-refractivity contribution >= 4 is 0 Å². The predicted molar refractivity (Wildman–Crippen MR) is 37.5 cm³/mol. The number of rotatable bonds is 1. The van der Waals surface area contributed by atoms with Crippen LogP contribution in [0.4, 0.5) is 17.6 Å². The average Bonchev–Trinajstić information content (AvgIpc) is 2.02. The third-order valence-corrected chi connectivity index (χ3v) is 1.64. The first-order valence-corrected chi connectivity index (χ1v) is 3.58. The van der Waals surface area contributed by atoms with E-state index in [4.69, 9.17) is 0 Å². The average molecular weight is 194 g/mol. The summed E-state index contributed by atoms with van der Waals surface area (Å²) in [4.78, 5) is 0. The van der Waals surface area contributed by atoms with Crippen molar-refractivity contribution < 1.29 is 22.1 Å². The lowest BCUT2D eigenvalue weighted by Crippen LogP contribution is -2.37.